The highest BCUT2D eigenvalue weighted by Gasteiger charge is 2.21. The van der Waals surface area contributed by atoms with Crippen LogP contribution in [0.1, 0.15) is 24.2 Å². The summed E-state index contributed by atoms with van der Waals surface area (Å²) in [5.74, 6) is -0.669. The topological polar surface area (TPSA) is 100 Å². The van der Waals surface area contributed by atoms with Gasteiger partial charge >= 0.3 is 12.1 Å². The van der Waals surface area contributed by atoms with E-state index in [4.69, 9.17) is 14.2 Å². The van der Waals surface area contributed by atoms with Gasteiger partial charge in [0.05, 0.1) is 26.4 Å². The second-order valence-corrected chi connectivity index (χ2v) is 4.33. The number of hydrogen-bond donors (Lipinski definition) is 1. The summed E-state index contributed by atoms with van der Waals surface area (Å²) in [5.41, 5.74) is 0.183. The molecule has 8 nitrogen and oxygen atoms in total. The molecular weight excluding hydrogens is 306 g/mol. The van der Waals surface area contributed by atoms with Gasteiger partial charge in [0.25, 0.3) is 5.91 Å². The van der Waals surface area contributed by atoms with Crippen LogP contribution in [0.3, 0.4) is 0 Å². The Kier molecular flexibility index (Phi) is 6.85. The van der Waals surface area contributed by atoms with E-state index < -0.39 is 24.1 Å². The van der Waals surface area contributed by atoms with Gasteiger partial charge in [-0.1, -0.05) is 0 Å². The Labute approximate surface area is 133 Å². The molecule has 126 valence electrons. The van der Waals surface area contributed by atoms with E-state index >= 15 is 0 Å². The van der Waals surface area contributed by atoms with Gasteiger partial charge in [-0.15, -0.1) is 0 Å². The van der Waals surface area contributed by atoms with Crippen molar-refractivity contribution < 1.29 is 33.3 Å². The lowest BCUT2D eigenvalue weighted by Gasteiger charge is -2.14. The first-order valence-corrected chi connectivity index (χ1v) is 6.83. The summed E-state index contributed by atoms with van der Waals surface area (Å²) in [6.45, 7) is 3.61. The molecule has 1 aromatic carbocycles. The summed E-state index contributed by atoms with van der Waals surface area (Å²) in [6, 6.07) is 4.50. The second kappa shape index (κ2) is 8.62. The molecule has 23 heavy (non-hydrogen) atoms. The van der Waals surface area contributed by atoms with Gasteiger partial charge in [-0.25, -0.2) is 9.59 Å². The first-order chi connectivity index (χ1) is 10.9. The molecule has 1 atom stereocenters. The molecule has 0 saturated heterocycles. The fourth-order valence-corrected chi connectivity index (χ4v) is 1.60. The number of amides is 2. The smallest absolute Gasteiger partial charge is 0.413 e. The molecule has 1 rings (SSSR count). The zero-order valence-electron chi connectivity index (χ0n) is 13.4. The van der Waals surface area contributed by atoms with E-state index in [1.165, 1.54) is 26.2 Å². The Balaban J connectivity index is 2.77. The van der Waals surface area contributed by atoms with E-state index in [0.29, 0.717) is 18.1 Å². The van der Waals surface area contributed by atoms with Gasteiger partial charge < -0.3 is 18.9 Å². The average molecular weight is 325 g/mol. The molecule has 0 heterocycles. The molecule has 0 radical (unpaired) electrons. The van der Waals surface area contributed by atoms with E-state index in [2.05, 4.69) is 4.74 Å². The maximum absolute atomic E-state index is 12.0. The first kappa shape index (κ1) is 18.3. The fourth-order valence-electron chi connectivity index (χ4n) is 1.60. The third kappa shape index (κ3) is 5.17. The Morgan fingerprint density at radius 3 is 2.43 bits per heavy atom. The van der Waals surface area contributed by atoms with Crippen LogP contribution in [-0.4, -0.2) is 44.9 Å². The predicted octanol–water partition coefficient (Wildman–Crippen LogP) is 1.52. The third-order valence-corrected chi connectivity index (χ3v) is 2.76. The highest BCUT2D eigenvalue weighted by Crippen LogP contribution is 2.28. The molecule has 0 aliphatic heterocycles. The van der Waals surface area contributed by atoms with Gasteiger partial charge in [-0.2, -0.15) is 0 Å². The number of alkyl carbamates (subject to hydrolysis) is 1. The van der Waals surface area contributed by atoms with Crippen molar-refractivity contribution >= 4 is 18.0 Å². The third-order valence-electron chi connectivity index (χ3n) is 2.76. The van der Waals surface area contributed by atoms with Crippen LogP contribution in [0.5, 0.6) is 11.5 Å². The number of nitrogens with one attached hydrogen (secondary N) is 1. The van der Waals surface area contributed by atoms with E-state index in [9.17, 15) is 14.4 Å². The molecule has 0 saturated carbocycles. The van der Waals surface area contributed by atoms with E-state index in [0.717, 1.165) is 7.11 Å². The minimum Gasteiger partial charge on any atom is -0.493 e. The van der Waals surface area contributed by atoms with Crippen molar-refractivity contribution in [2.45, 2.75) is 20.0 Å². The van der Waals surface area contributed by atoms with Crippen molar-refractivity contribution in [2.24, 2.45) is 0 Å². The zero-order chi connectivity index (χ0) is 17.4. The van der Waals surface area contributed by atoms with Crippen LogP contribution < -0.4 is 14.8 Å². The van der Waals surface area contributed by atoms with E-state index in [1.54, 1.807) is 6.07 Å². The quantitative estimate of drug-likeness (QED) is 0.791. The SMILES string of the molecule is CCOc1ccc(C(=O)O[C@H](C)C(=O)NC(=O)OC)cc1OC. The van der Waals surface area contributed by atoms with Crippen molar-refractivity contribution in [3.8, 4) is 11.5 Å². The summed E-state index contributed by atoms with van der Waals surface area (Å²) in [7, 11) is 2.56. The molecule has 0 spiro atoms. The number of imide groups is 1. The van der Waals surface area contributed by atoms with Crippen LogP contribution in [0.25, 0.3) is 0 Å². The lowest BCUT2D eigenvalue weighted by atomic mass is 10.2. The van der Waals surface area contributed by atoms with Crippen molar-refractivity contribution in [2.75, 3.05) is 20.8 Å². The lowest BCUT2D eigenvalue weighted by Crippen LogP contribution is -2.39. The standard InChI is InChI=1S/C15H19NO7/c1-5-22-11-7-6-10(8-12(11)20-3)14(18)23-9(2)13(17)16-15(19)21-4/h6-9H,5H2,1-4H3,(H,16,17,19)/t9-/m1/s1. The van der Waals surface area contributed by atoms with Gasteiger partial charge in [-0.05, 0) is 32.0 Å². The molecule has 0 bridgehead atoms. The van der Waals surface area contributed by atoms with Gasteiger partial charge in [-0.3, -0.25) is 10.1 Å². The summed E-state index contributed by atoms with van der Waals surface area (Å²) in [4.78, 5) is 34.6. The summed E-state index contributed by atoms with van der Waals surface area (Å²) >= 11 is 0. The highest BCUT2D eigenvalue weighted by molar-refractivity contribution is 5.97. The number of rotatable bonds is 6. The molecule has 2 amide bonds. The largest absolute Gasteiger partial charge is 0.493 e. The van der Waals surface area contributed by atoms with Crippen LogP contribution in [0.15, 0.2) is 18.2 Å². The summed E-state index contributed by atoms with van der Waals surface area (Å²) in [6.07, 6.45) is -2.10. The van der Waals surface area contributed by atoms with Gasteiger partial charge in [0, 0.05) is 0 Å². The van der Waals surface area contributed by atoms with Crippen LogP contribution in [0, 0.1) is 0 Å². The van der Waals surface area contributed by atoms with E-state index in [-0.39, 0.29) is 5.56 Å². The van der Waals surface area contributed by atoms with E-state index in [1.807, 2.05) is 12.2 Å². The van der Waals surface area contributed by atoms with Crippen molar-refractivity contribution in [1.82, 2.24) is 5.32 Å². The van der Waals surface area contributed by atoms with Crippen LogP contribution in [0.2, 0.25) is 0 Å². The Morgan fingerprint density at radius 1 is 1.17 bits per heavy atom. The average Bonchev–Trinajstić information content (AvgIpc) is 2.54. The van der Waals surface area contributed by atoms with Crippen LogP contribution >= 0.6 is 0 Å². The van der Waals surface area contributed by atoms with Crippen LogP contribution in [0.4, 0.5) is 4.79 Å². The zero-order valence-corrected chi connectivity index (χ0v) is 13.4. The molecule has 0 aliphatic rings. The predicted molar refractivity (Wildman–Crippen MR) is 79.6 cm³/mol. The Hall–Kier alpha value is -2.77. The normalized spacial score (nSPS) is 11.1. The number of hydrogen-bond acceptors (Lipinski definition) is 7. The number of ether oxygens (including phenoxy) is 4. The molecule has 0 aromatic heterocycles. The van der Waals surface area contributed by atoms with Crippen molar-refractivity contribution in [3.05, 3.63) is 23.8 Å². The molecule has 8 heteroatoms. The van der Waals surface area contributed by atoms with Crippen molar-refractivity contribution in [3.63, 3.8) is 0 Å². The number of carbonyl (C=O) groups excluding carboxylic acids is 3. The second-order valence-electron chi connectivity index (χ2n) is 4.33. The maximum Gasteiger partial charge on any atom is 0.413 e. The molecule has 0 unspecified atom stereocenters. The Morgan fingerprint density at radius 2 is 1.87 bits per heavy atom. The monoisotopic (exact) mass is 325 g/mol. The molecular formula is C15H19NO7. The summed E-state index contributed by atoms with van der Waals surface area (Å²) < 4.78 is 19.8. The summed E-state index contributed by atoms with van der Waals surface area (Å²) in [5, 5.41) is 1.91. The molecule has 0 aliphatic carbocycles. The minimum atomic E-state index is -1.17. The lowest BCUT2D eigenvalue weighted by molar-refractivity contribution is -0.128. The molecule has 0 fully saturated rings. The van der Waals surface area contributed by atoms with Crippen LogP contribution in [-0.2, 0) is 14.3 Å². The highest BCUT2D eigenvalue weighted by atomic mass is 16.6. The van der Waals surface area contributed by atoms with Gasteiger partial charge in [0.2, 0.25) is 0 Å². The number of esters is 1. The fraction of sp³-hybridized carbons (Fsp3) is 0.400. The van der Waals surface area contributed by atoms with Crippen molar-refractivity contribution in [1.29, 1.82) is 0 Å². The number of benzene rings is 1. The minimum absolute atomic E-state index is 0.183. The maximum atomic E-state index is 12.0. The number of methoxy groups -OCH3 is 2. The van der Waals surface area contributed by atoms with Gasteiger partial charge in [0.1, 0.15) is 0 Å². The molecule has 1 aromatic rings. The molecule has 1 N–H and O–H groups in total. The first-order valence-electron chi connectivity index (χ1n) is 6.83. The Bertz CT molecular complexity index is 585. The number of carbonyl (C=O) groups is 3. The van der Waals surface area contributed by atoms with Gasteiger partial charge in [0.15, 0.2) is 17.6 Å².